The fraction of sp³-hybridized carbons (Fsp3) is 0.0952. The van der Waals surface area contributed by atoms with Crippen LogP contribution in [0.15, 0.2) is 83.7 Å². The lowest BCUT2D eigenvalue weighted by atomic mass is 9.96. The molecule has 0 saturated heterocycles. The van der Waals surface area contributed by atoms with Crippen LogP contribution in [-0.4, -0.2) is 26.7 Å². The van der Waals surface area contributed by atoms with Crippen LogP contribution >= 0.6 is 11.3 Å². The van der Waals surface area contributed by atoms with E-state index in [4.69, 9.17) is 0 Å². The van der Waals surface area contributed by atoms with Crippen molar-refractivity contribution < 1.29 is 14.7 Å². The quantitative estimate of drug-likeness (QED) is 0.685. The molecule has 3 heterocycles. The van der Waals surface area contributed by atoms with Gasteiger partial charge < -0.3 is 10.0 Å². The summed E-state index contributed by atoms with van der Waals surface area (Å²) in [6.45, 7) is 0.282. The molecule has 1 N–H and O–H groups in total. The highest BCUT2D eigenvalue weighted by molar-refractivity contribution is 7.12. The molecule has 1 aliphatic rings. The van der Waals surface area contributed by atoms with Crippen LogP contribution in [0.5, 0.6) is 0 Å². The number of carbonyl (C=O) groups excluding carboxylic acids is 2. The maximum Gasteiger partial charge on any atom is 0.290 e. The van der Waals surface area contributed by atoms with Crippen LogP contribution in [0.25, 0.3) is 0 Å². The Morgan fingerprint density at radius 3 is 2.59 bits per heavy atom. The molecule has 5 nitrogen and oxygen atoms in total. The van der Waals surface area contributed by atoms with Gasteiger partial charge in [-0.2, -0.15) is 0 Å². The van der Waals surface area contributed by atoms with Gasteiger partial charge in [-0.15, -0.1) is 11.3 Å². The largest absolute Gasteiger partial charge is 0.503 e. The topological polar surface area (TPSA) is 70.5 Å². The third kappa shape index (κ3) is 3.15. The Morgan fingerprint density at radius 1 is 1.11 bits per heavy atom. The van der Waals surface area contributed by atoms with E-state index < -0.39 is 17.7 Å². The number of aliphatic hydroxyl groups excluding tert-OH is 1. The Morgan fingerprint density at radius 2 is 1.93 bits per heavy atom. The van der Waals surface area contributed by atoms with E-state index in [2.05, 4.69) is 4.98 Å². The van der Waals surface area contributed by atoms with Crippen LogP contribution in [0, 0.1) is 0 Å². The summed E-state index contributed by atoms with van der Waals surface area (Å²) in [5.41, 5.74) is 1.70. The fourth-order valence-corrected chi connectivity index (χ4v) is 3.93. The molecule has 0 bridgehead atoms. The summed E-state index contributed by atoms with van der Waals surface area (Å²) in [7, 11) is 0. The van der Waals surface area contributed by atoms with Crippen molar-refractivity contribution >= 4 is 23.0 Å². The number of aliphatic hydroxyl groups is 1. The third-order valence-corrected chi connectivity index (χ3v) is 5.36. The molecule has 0 fully saturated rings. The molecule has 1 unspecified atom stereocenters. The summed E-state index contributed by atoms with van der Waals surface area (Å²) < 4.78 is 0. The third-order valence-electron chi connectivity index (χ3n) is 4.49. The SMILES string of the molecule is O=C(C1=C(O)C(=O)N(Cc2ccccc2)C1c1cccnc1)c1cccs1. The second kappa shape index (κ2) is 7.17. The number of carbonyl (C=O) groups is 2. The molecule has 0 aliphatic carbocycles. The van der Waals surface area contributed by atoms with Crippen LogP contribution in [0.1, 0.15) is 26.8 Å². The van der Waals surface area contributed by atoms with Crippen molar-refractivity contribution in [3.8, 4) is 0 Å². The normalized spacial score (nSPS) is 16.8. The second-order valence-corrected chi connectivity index (χ2v) is 7.12. The number of pyridine rings is 1. The van der Waals surface area contributed by atoms with Gasteiger partial charge in [0, 0.05) is 18.9 Å². The number of amides is 1. The van der Waals surface area contributed by atoms with Crippen LogP contribution in [0.4, 0.5) is 0 Å². The minimum atomic E-state index is -0.680. The standard InChI is InChI=1S/C21H16N2O3S/c24-19(16-9-5-11-27-16)17-18(15-8-4-10-22-12-15)23(21(26)20(17)25)13-14-6-2-1-3-7-14/h1-12,18,25H,13H2. The lowest BCUT2D eigenvalue weighted by Crippen LogP contribution is -2.30. The van der Waals surface area contributed by atoms with Crippen LogP contribution < -0.4 is 0 Å². The van der Waals surface area contributed by atoms with Gasteiger partial charge in [0.2, 0.25) is 5.78 Å². The zero-order valence-corrected chi connectivity index (χ0v) is 15.1. The van der Waals surface area contributed by atoms with E-state index in [0.29, 0.717) is 10.4 Å². The molecule has 0 radical (unpaired) electrons. The average molecular weight is 376 g/mol. The van der Waals surface area contributed by atoms with Gasteiger partial charge in [-0.1, -0.05) is 42.5 Å². The highest BCUT2D eigenvalue weighted by Gasteiger charge is 2.44. The van der Waals surface area contributed by atoms with Gasteiger partial charge in [0.15, 0.2) is 5.76 Å². The summed E-state index contributed by atoms with van der Waals surface area (Å²) in [5, 5.41) is 12.4. The van der Waals surface area contributed by atoms with Gasteiger partial charge in [0.1, 0.15) is 0 Å². The minimum absolute atomic E-state index is 0.103. The van der Waals surface area contributed by atoms with E-state index >= 15 is 0 Å². The van der Waals surface area contributed by atoms with Crippen molar-refractivity contribution in [2.45, 2.75) is 12.6 Å². The highest BCUT2D eigenvalue weighted by atomic mass is 32.1. The Hall–Kier alpha value is -3.25. The molecule has 27 heavy (non-hydrogen) atoms. The van der Waals surface area contributed by atoms with Gasteiger partial charge in [0.05, 0.1) is 16.5 Å². The van der Waals surface area contributed by atoms with Crippen molar-refractivity contribution in [3.63, 3.8) is 0 Å². The summed E-state index contributed by atoms with van der Waals surface area (Å²) in [6.07, 6.45) is 3.25. The Kier molecular flexibility index (Phi) is 4.56. The number of nitrogens with zero attached hydrogens (tertiary/aromatic N) is 2. The molecule has 0 saturated carbocycles. The number of Topliss-reactive ketones (excluding diaryl/α,β-unsaturated/α-hetero) is 1. The Labute approximate surface area is 160 Å². The second-order valence-electron chi connectivity index (χ2n) is 6.18. The molecule has 1 aromatic carbocycles. The molecule has 2 aromatic heterocycles. The van der Waals surface area contributed by atoms with Crippen molar-refractivity contribution in [2.24, 2.45) is 0 Å². The minimum Gasteiger partial charge on any atom is -0.503 e. The van der Waals surface area contributed by atoms with E-state index in [0.717, 1.165) is 5.56 Å². The number of ketones is 1. The molecule has 4 rings (SSSR count). The fourth-order valence-electron chi connectivity index (χ4n) is 3.25. The van der Waals surface area contributed by atoms with Gasteiger partial charge in [0.25, 0.3) is 5.91 Å². The smallest absolute Gasteiger partial charge is 0.290 e. The molecular formula is C21H16N2O3S. The summed E-state index contributed by atoms with van der Waals surface area (Å²) in [4.78, 5) is 32.0. The number of benzene rings is 1. The number of hydrogen-bond donors (Lipinski definition) is 1. The molecule has 0 spiro atoms. The predicted octanol–water partition coefficient (Wildman–Crippen LogP) is 3.92. The van der Waals surface area contributed by atoms with E-state index in [9.17, 15) is 14.7 Å². The van der Waals surface area contributed by atoms with Gasteiger partial charge >= 0.3 is 0 Å². The molecule has 3 aromatic rings. The van der Waals surface area contributed by atoms with Crippen molar-refractivity contribution in [3.05, 3.63) is 99.7 Å². The zero-order valence-electron chi connectivity index (χ0n) is 14.3. The van der Waals surface area contributed by atoms with Gasteiger partial charge in [-0.25, -0.2) is 0 Å². The zero-order chi connectivity index (χ0) is 18.8. The van der Waals surface area contributed by atoms with E-state index in [1.54, 1.807) is 36.0 Å². The molecule has 134 valence electrons. The van der Waals surface area contributed by atoms with Crippen LogP contribution in [0.2, 0.25) is 0 Å². The molecule has 1 atom stereocenters. The number of hydrogen-bond acceptors (Lipinski definition) is 5. The summed E-state index contributed by atoms with van der Waals surface area (Å²) in [5.74, 6) is -1.37. The molecule has 1 aliphatic heterocycles. The number of thiophene rings is 1. The van der Waals surface area contributed by atoms with Crippen molar-refractivity contribution in [2.75, 3.05) is 0 Å². The highest BCUT2D eigenvalue weighted by Crippen LogP contribution is 2.40. The lowest BCUT2D eigenvalue weighted by molar-refractivity contribution is -0.130. The van der Waals surface area contributed by atoms with E-state index in [1.165, 1.54) is 16.2 Å². The summed E-state index contributed by atoms with van der Waals surface area (Å²) >= 11 is 1.28. The predicted molar refractivity (Wildman–Crippen MR) is 102 cm³/mol. The van der Waals surface area contributed by atoms with Crippen molar-refractivity contribution in [1.29, 1.82) is 0 Å². The van der Waals surface area contributed by atoms with Crippen LogP contribution in [-0.2, 0) is 11.3 Å². The first-order chi connectivity index (χ1) is 13.2. The van der Waals surface area contributed by atoms with Gasteiger partial charge in [-0.3, -0.25) is 14.6 Å². The first-order valence-electron chi connectivity index (χ1n) is 8.43. The molecular weight excluding hydrogens is 360 g/mol. The van der Waals surface area contributed by atoms with E-state index in [-0.39, 0.29) is 17.9 Å². The first kappa shape index (κ1) is 17.2. The van der Waals surface area contributed by atoms with Crippen molar-refractivity contribution in [1.82, 2.24) is 9.88 Å². The average Bonchev–Trinajstić information content (AvgIpc) is 3.32. The number of rotatable bonds is 5. The Bertz CT molecular complexity index is 998. The maximum atomic E-state index is 13.0. The summed E-state index contributed by atoms with van der Waals surface area (Å²) in [6, 6.07) is 15.8. The van der Waals surface area contributed by atoms with E-state index in [1.807, 2.05) is 36.4 Å². The number of aromatic nitrogens is 1. The monoisotopic (exact) mass is 376 g/mol. The Balaban J connectivity index is 1.79. The maximum absolute atomic E-state index is 13.0. The molecule has 6 heteroatoms. The first-order valence-corrected chi connectivity index (χ1v) is 9.31. The molecule has 1 amide bonds. The lowest BCUT2D eigenvalue weighted by Gasteiger charge is -2.26. The van der Waals surface area contributed by atoms with Gasteiger partial charge in [-0.05, 0) is 28.6 Å². The van der Waals surface area contributed by atoms with Crippen LogP contribution in [0.3, 0.4) is 0 Å².